The van der Waals surface area contributed by atoms with Crippen molar-refractivity contribution in [2.45, 2.75) is 24.9 Å². The van der Waals surface area contributed by atoms with Crippen molar-refractivity contribution in [3.63, 3.8) is 0 Å². The highest BCUT2D eigenvalue weighted by Crippen LogP contribution is 2.34. The summed E-state index contributed by atoms with van der Waals surface area (Å²) in [4.78, 5) is 11.7. The van der Waals surface area contributed by atoms with E-state index in [-0.39, 0.29) is 5.56 Å². The van der Waals surface area contributed by atoms with Crippen LogP contribution in [0.4, 0.5) is 18.0 Å². The second kappa shape index (κ2) is 8.19. The third kappa shape index (κ3) is 5.74. The minimum Gasteiger partial charge on any atom is -0.381 e. The molecule has 23 heavy (non-hydrogen) atoms. The van der Waals surface area contributed by atoms with E-state index in [0.717, 1.165) is 12.8 Å². The number of hydrogen-bond acceptors (Lipinski definition) is 2. The molecule has 128 valence electrons. The van der Waals surface area contributed by atoms with Crippen molar-refractivity contribution in [1.29, 1.82) is 0 Å². The predicted octanol–water partition coefficient (Wildman–Crippen LogP) is 3.06. The Morgan fingerprint density at radius 2 is 1.83 bits per heavy atom. The molecule has 2 rings (SSSR count). The Labute approximate surface area is 133 Å². The molecule has 1 heterocycles. The highest BCUT2D eigenvalue weighted by atomic mass is 19.4. The number of urea groups is 1. The molecule has 1 aromatic rings. The SMILES string of the molecule is O=C(NCC1CCOCC1)NC[C@H](c1ccccc1)C(F)(F)F. The van der Waals surface area contributed by atoms with Gasteiger partial charge in [-0.05, 0) is 24.3 Å². The number of hydrogen-bond donors (Lipinski definition) is 2. The first-order chi connectivity index (χ1) is 11.0. The molecular weight excluding hydrogens is 309 g/mol. The van der Waals surface area contributed by atoms with E-state index in [1.54, 1.807) is 18.2 Å². The number of ether oxygens (including phenoxy) is 1. The Hall–Kier alpha value is -1.76. The highest BCUT2D eigenvalue weighted by molar-refractivity contribution is 5.73. The van der Waals surface area contributed by atoms with E-state index in [1.807, 2.05) is 0 Å². The van der Waals surface area contributed by atoms with Gasteiger partial charge in [-0.3, -0.25) is 0 Å². The van der Waals surface area contributed by atoms with Crippen molar-refractivity contribution in [1.82, 2.24) is 10.6 Å². The fraction of sp³-hybridized carbons (Fsp3) is 0.562. The number of benzene rings is 1. The summed E-state index contributed by atoms with van der Waals surface area (Å²) in [6.07, 6.45) is -2.69. The van der Waals surface area contributed by atoms with Gasteiger partial charge in [-0.25, -0.2) is 4.79 Å². The zero-order valence-corrected chi connectivity index (χ0v) is 12.7. The van der Waals surface area contributed by atoms with E-state index in [9.17, 15) is 18.0 Å². The van der Waals surface area contributed by atoms with Gasteiger partial charge in [0.25, 0.3) is 0 Å². The molecule has 0 aliphatic carbocycles. The number of halogens is 3. The monoisotopic (exact) mass is 330 g/mol. The summed E-state index contributed by atoms with van der Waals surface area (Å²) in [6.45, 7) is 1.31. The van der Waals surface area contributed by atoms with E-state index in [2.05, 4.69) is 10.6 Å². The molecule has 1 fully saturated rings. The second-order valence-electron chi connectivity index (χ2n) is 5.65. The summed E-state index contributed by atoms with van der Waals surface area (Å²) in [5.41, 5.74) is 0.143. The molecule has 2 amide bonds. The first kappa shape index (κ1) is 17.6. The van der Waals surface area contributed by atoms with Crippen molar-refractivity contribution < 1.29 is 22.7 Å². The number of amides is 2. The zero-order chi connectivity index (χ0) is 16.7. The summed E-state index contributed by atoms with van der Waals surface area (Å²) in [6, 6.07) is 7.03. The quantitative estimate of drug-likeness (QED) is 0.872. The van der Waals surface area contributed by atoms with Crippen LogP contribution in [0, 0.1) is 5.92 Å². The maximum absolute atomic E-state index is 13.1. The summed E-state index contributed by atoms with van der Waals surface area (Å²) < 4.78 is 44.7. The van der Waals surface area contributed by atoms with Crippen molar-refractivity contribution >= 4 is 6.03 Å². The van der Waals surface area contributed by atoms with Crippen LogP contribution in [0.1, 0.15) is 24.3 Å². The highest BCUT2D eigenvalue weighted by Gasteiger charge is 2.40. The van der Waals surface area contributed by atoms with Gasteiger partial charge >= 0.3 is 12.2 Å². The molecule has 2 N–H and O–H groups in total. The van der Waals surface area contributed by atoms with Crippen LogP contribution in [0.5, 0.6) is 0 Å². The largest absolute Gasteiger partial charge is 0.397 e. The number of rotatable bonds is 5. The smallest absolute Gasteiger partial charge is 0.381 e. The topological polar surface area (TPSA) is 50.4 Å². The third-order valence-electron chi connectivity index (χ3n) is 3.96. The first-order valence-electron chi connectivity index (χ1n) is 7.68. The lowest BCUT2D eigenvalue weighted by atomic mass is 9.98. The summed E-state index contributed by atoms with van der Waals surface area (Å²) >= 11 is 0. The molecule has 0 unspecified atom stereocenters. The molecule has 1 aliphatic heterocycles. The normalized spacial score (nSPS) is 17.5. The first-order valence-corrected chi connectivity index (χ1v) is 7.68. The van der Waals surface area contributed by atoms with E-state index in [4.69, 9.17) is 4.74 Å². The van der Waals surface area contributed by atoms with Crippen molar-refractivity contribution in [3.8, 4) is 0 Å². The van der Waals surface area contributed by atoms with Crippen molar-refractivity contribution in [2.75, 3.05) is 26.3 Å². The minimum absolute atomic E-state index is 0.143. The standard InChI is InChI=1S/C16H21F3N2O2/c17-16(18,19)14(13-4-2-1-3-5-13)11-21-15(22)20-10-12-6-8-23-9-7-12/h1-5,12,14H,6-11H2,(H2,20,21,22)/t14-/m1/s1. The minimum atomic E-state index is -4.41. The van der Waals surface area contributed by atoms with Gasteiger partial charge in [-0.15, -0.1) is 0 Å². The lowest BCUT2D eigenvalue weighted by Crippen LogP contribution is -2.42. The van der Waals surface area contributed by atoms with Crippen LogP contribution < -0.4 is 10.6 Å². The summed E-state index contributed by atoms with van der Waals surface area (Å²) in [7, 11) is 0. The van der Waals surface area contributed by atoms with Crippen molar-refractivity contribution in [2.24, 2.45) is 5.92 Å². The molecule has 1 saturated heterocycles. The molecule has 0 spiro atoms. The molecule has 0 radical (unpaired) electrons. The van der Waals surface area contributed by atoms with Gasteiger partial charge in [0.2, 0.25) is 0 Å². The van der Waals surface area contributed by atoms with Gasteiger partial charge in [-0.1, -0.05) is 30.3 Å². The fourth-order valence-electron chi connectivity index (χ4n) is 2.55. The predicted molar refractivity (Wildman–Crippen MR) is 80.2 cm³/mol. The van der Waals surface area contributed by atoms with Crippen LogP contribution in [-0.4, -0.2) is 38.5 Å². The maximum atomic E-state index is 13.1. The molecule has 4 nitrogen and oxygen atoms in total. The molecule has 1 atom stereocenters. The molecule has 0 bridgehead atoms. The van der Waals surface area contributed by atoms with Gasteiger partial charge in [0.05, 0.1) is 5.92 Å². The molecule has 1 aliphatic rings. The van der Waals surface area contributed by atoms with Gasteiger partial charge in [0, 0.05) is 26.3 Å². The zero-order valence-electron chi connectivity index (χ0n) is 12.7. The average Bonchev–Trinajstić information content (AvgIpc) is 2.54. The number of carbonyl (C=O) groups is 1. The van der Waals surface area contributed by atoms with Crippen LogP contribution in [0.3, 0.4) is 0 Å². The Morgan fingerprint density at radius 1 is 1.17 bits per heavy atom. The van der Waals surface area contributed by atoms with Crippen LogP contribution in [0.2, 0.25) is 0 Å². The molecular formula is C16H21F3N2O2. The van der Waals surface area contributed by atoms with Gasteiger partial charge in [0.1, 0.15) is 0 Å². The van der Waals surface area contributed by atoms with Crippen LogP contribution in [-0.2, 0) is 4.74 Å². The van der Waals surface area contributed by atoms with Gasteiger partial charge < -0.3 is 15.4 Å². The Balaban J connectivity index is 1.82. The molecule has 1 aromatic carbocycles. The lowest BCUT2D eigenvalue weighted by Gasteiger charge is -2.23. The van der Waals surface area contributed by atoms with Crippen LogP contribution in [0.15, 0.2) is 30.3 Å². The molecule has 7 heteroatoms. The van der Waals surface area contributed by atoms with Crippen LogP contribution in [0.25, 0.3) is 0 Å². The molecule has 0 aromatic heterocycles. The van der Waals surface area contributed by atoms with E-state index in [0.29, 0.717) is 25.7 Å². The maximum Gasteiger partial charge on any atom is 0.397 e. The second-order valence-corrected chi connectivity index (χ2v) is 5.65. The van der Waals surface area contributed by atoms with Crippen molar-refractivity contribution in [3.05, 3.63) is 35.9 Å². The van der Waals surface area contributed by atoms with E-state index in [1.165, 1.54) is 12.1 Å². The Morgan fingerprint density at radius 3 is 2.43 bits per heavy atom. The van der Waals surface area contributed by atoms with E-state index >= 15 is 0 Å². The molecule has 0 saturated carbocycles. The number of nitrogens with one attached hydrogen (secondary N) is 2. The Bertz CT molecular complexity index is 488. The third-order valence-corrected chi connectivity index (χ3v) is 3.96. The fourth-order valence-corrected chi connectivity index (χ4v) is 2.55. The van der Waals surface area contributed by atoms with Crippen LogP contribution >= 0.6 is 0 Å². The summed E-state index contributed by atoms with van der Waals surface area (Å²) in [5.74, 6) is -1.39. The number of carbonyl (C=O) groups excluding carboxylic acids is 1. The average molecular weight is 330 g/mol. The number of alkyl halides is 3. The summed E-state index contributed by atoms with van der Waals surface area (Å²) in [5, 5.41) is 4.96. The lowest BCUT2D eigenvalue weighted by molar-refractivity contribution is -0.149. The van der Waals surface area contributed by atoms with Gasteiger partial charge in [-0.2, -0.15) is 13.2 Å². The Kier molecular flexibility index (Phi) is 6.27. The van der Waals surface area contributed by atoms with Gasteiger partial charge in [0.15, 0.2) is 0 Å². The van der Waals surface area contributed by atoms with E-state index < -0.39 is 24.7 Å².